The van der Waals surface area contributed by atoms with Gasteiger partial charge in [0.1, 0.15) is 5.54 Å². The quantitative estimate of drug-likeness (QED) is 0.893. The second kappa shape index (κ2) is 7.90. The lowest BCUT2D eigenvalue weighted by Crippen LogP contribution is -2.49. The Morgan fingerprint density at radius 2 is 1.74 bits per heavy atom. The molecule has 1 aliphatic carbocycles. The van der Waals surface area contributed by atoms with Crippen molar-refractivity contribution in [2.24, 2.45) is 5.92 Å². The first-order chi connectivity index (χ1) is 13.2. The maximum absolute atomic E-state index is 12.6. The molecule has 1 aliphatic heterocycles. The van der Waals surface area contributed by atoms with Gasteiger partial charge in [0.05, 0.1) is 17.1 Å². The van der Waals surface area contributed by atoms with Gasteiger partial charge in [-0.05, 0) is 43.7 Å². The monoisotopic (exact) mass is 366 g/mol. The molecule has 5 heteroatoms. The Labute approximate surface area is 161 Å². The number of likely N-dealkylation sites (tertiary alicyclic amines) is 1. The smallest absolute Gasteiger partial charge is 0.305 e. The topological polar surface area (TPSA) is 64.8 Å². The van der Waals surface area contributed by atoms with Crippen LogP contribution in [0.4, 0.5) is 0 Å². The Kier molecular flexibility index (Phi) is 5.36. The van der Waals surface area contributed by atoms with Crippen molar-refractivity contribution in [2.75, 3.05) is 19.6 Å². The van der Waals surface area contributed by atoms with E-state index in [1.807, 2.05) is 24.3 Å². The number of piperidine rings is 1. The highest BCUT2D eigenvalue weighted by molar-refractivity contribution is 5.75. The molecule has 1 N–H and O–H groups in total. The summed E-state index contributed by atoms with van der Waals surface area (Å²) < 4.78 is 1.72. The molecule has 2 fully saturated rings. The molecular formula is C22H30N4O. The van der Waals surface area contributed by atoms with E-state index in [-0.39, 0.29) is 5.69 Å². The van der Waals surface area contributed by atoms with Crippen LogP contribution in [0.25, 0.3) is 11.0 Å². The average molecular weight is 367 g/mol. The highest BCUT2D eigenvalue weighted by Crippen LogP contribution is 2.32. The lowest BCUT2D eigenvalue weighted by atomic mass is 9.86. The zero-order chi connectivity index (χ0) is 18.7. The normalized spacial score (nSPS) is 22.2. The first-order valence-corrected chi connectivity index (χ1v) is 10.6. The van der Waals surface area contributed by atoms with E-state index in [9.17, 15) is 10.1 Å². The zero-order valence-electron chi connectivity index (χ0n) is 16.1. The van der Waals surface area contributed by atoms with E-state index in [0.717, 1.165) is 49.4 Å². The van der Waals surface area contributed by atoms with E-state index < -0.39 is 5.54 Å². The van der Waals surface area contributed by atoms with Crippen LogP contribution in [0.1, 0.15) is 57.8 Å². The first kappa shape index (κ1) is 18.3. The summed E-state index contributed by atoms with van der Waals surface area (Å²) in [6, 6.07) is 10.2. The van der Waals surface area contributed by atoms with Crippen LogP contribution in [0.2, 0.25) is 0 Å². The number of aromatic nitrogens is 2. The number of rotatable bonds is 3. The molecule has 0 radical (unpaired) electrons. The zero-order valence-corrected chi connectivity index (χ0v) is 16.1. The van der Waals surface area contributed by atoms with Gasteiger partial charge in [-0.25, -0.2) is 4.79 Å². The van der Waals surface area contributed by atoms with Gasteiger partial charge in [-0.1, -0.05) is 44.2 Å². The molecule has 4 rings (SSSR count). The van der Waals surface area contributed by atoms with Gasteiger partial charge in [0.15, 0.2) is 0 Å². The largest absolute Gasteiger partial charge is 0.327 e. The Morgan fingerprint density at radius 1 is 1.07 bits per heavy atom. The van der Waals surface area contributed by atoms with E-state index in [0.29, 0.717) is 0 Å². The van der Waals surface area contributed by atoms with Crippen LogP contribution in [-0.2, 0) is 5.54 Å². The van der Waals surface area contributed by atoms with Crippen molar-refractivity contribution >= 4 is 11.0 Å². The molecule has 0 spiro atoms. The predicted octanol–water partition coefficient (Wildman–Crippen LogP) is 4.00. The lowest BCUT2D eigenvalue weighted by Gasteiger charge is -2.39. The molecule has 0 atom stereocenters. The molecule has 1 aromatic heterocycles. The minimum absolute atomic E-state index is 0.161. The number of nitrogens with one attached hydrogen (secondary N) is 1. The second-order valence-electron chi connectivity index (χ2n) is 8.44. The highest BCUT2D eigenvalue weighted by atomic mass is 16.1. The molecule has 2 aliphatic rings. The lowest BCUT2D eigenvalue weighted by molar-refractivity contribution is 0.124. The van der Waals surface area contributed by atoms with Crippen molar-refractivity contribution in [1.29, 1.82) is 5.26 Å². The van der Waals surface area contributed by atoms with E-state index in [1.165, 1.54) is 44.9 Å². The molecule has 0 bridgehead atoms. The summed E-state index contributed by atoms with van der Waals surface area (Å²) in [5, 5.41) is 10.0. The minimum Gasteiger partial charge on any atom is -0.305 e. The number of nitrogens with zero attached hydrogens (tertiary/aromatic N) is 3. The van der Waals surface area contributed by atoms with Gasteiger partial charge >= 0.3 is 5.69 Å². The number of imidazole rings is 1. The van der Waals surface area contributed by atoms with Crippen molar-refractivity contribution in [3.8, 4) is 6.07 Å². The molecule has 5 nitrogen and oxygen atoms in total. The number of hydrogen-bond acceptors (Lipinski definition) is 3. The summed E-state index contributed by atoms with van der Waals surface area (Å²) in [7, 11) is 0. The standard InChI is InChI=1S/C22H30N4O/c23-17-22(26-20-11-7-6-10-19(20)24-21(26)27)12-14-25(15-13-22)16-18-8-4-2-1-3-5-9-18/h6-7,10-11,18H,1-5,8-9,12-16H2,(H,24,27). The third-order valence-corrected chi connectivity index (χ3v) is 6.65. The number of para-hydroxylation sites is 2. The number of H-pyrrole nitrogens is 1. The summed E-state index contributed by atoms with van der Waals surface area (Å²) in [5.74, 6) is 0.802. The highest BCUT2D eigenvalue weighted by Gasteiger charge is 2.39. The fourth-order valence-electron chi connectivity index (χ4n) is 5.06. The van der Waals surface area contributed by atoms with Gasteiger partial charge < -0.3 is 9.88 Å². The second-order valence-corrected chi connectivity index (χ2v) is 8.44. The fourth-order valence-corrected chi connectivity index (χ4v) is 5.06. The van der Waals surface area contributed by atoms with Gasteiger partial charge in [-0.2, -0.15) is 5.26 Å². The minimum atomic E-state index is -0.728. The van der Waals surface area contributed by atoms with Crippen LogP contribution in [0.15, 0.2) is 29.1 Å². The number of aromatic amines is 1. The van der Waals surface area contributed by atoms with Gasteiger partial charge in [-0.15, -0.1) is 0 Å². The summed E-state index contributed by atoms with van der Waals surface area (Å²) in [5.41, 5.74) is 0.770. The third kappa shape index (κ3) is 3.68. The van der Waals surface area contributed by atoms with Crippen LogP contribution in [0.5, 0.6) is 0 Å². The maximum Gasteiger partial charge on any atom is 0.327 e. The molecule has 2 aromatic rings. The Morgan fingerprint density at radius 3 is 2.44 bits per heavy atom. The third-order valence-electron chi connectivity index (χ3n) is 6.65. The number of fused-ring (bicyclic) bond motifs is 1. The SMILES string of the molecule is N#CC1(n2c(=O)[nH]c3ccccc32)CCN(CC2CCCCCCC2)CC1. The summed E-state index contributed by atoms with van der Waals surface area (Å²) in [6.45, 7) is 2.95. The van der Waals surface area contributed by atoms with Crippen molar-refractivity contribution in [2.45, 2.75) is 63.3 Å². The molecule has 1 saturated carbocycles. The van der Waals surface area contributed by atoms with Crippen LogP contribution >= 0.6 is 0 Å². The van der Waals surface area contributed by atoms with Crippen LogP contribution in [0, 0.1) is 17.2 Å². The van der Waals surface area contributed by atoms with Crippen LogP contribution in [0.3, 0.4) is 0 Å². The fraction of sp³-hybridized carbons (Fsp3) is 0.636. The summed E-state index contributed by atoms with van der Waals surface area (Å²) >= 11 is 0. The van der Waals surface area contributed by atoms with Crippen molar-refractivity contribution < 1.29 is 0 Å². The van der Waals surface area contributed by atoms with E-state index >= 15 is 0 Å². The first-order valence-electron chi connectivity index (χ1n) is 10.6. The Balaban J connectivity index is 1.48. The van der Waals surface area contributed by atoms with Gasteiger partial charge in [-0.3, -0.25) is 4.57 Å². The molecule has 27 heavy (non-hydrogen) atoms. The van der Waals surface area contributed by atoms with Crippen LogP contribution in [-0.4, -0.2) is 34.1 Å². The van der Waals surface area contributed by atoms with Crippen molar-refractivity contribution in [3.63, 3.8) is 0 Å². The van der Waals surface area contributed by atoms with Gasteiger partial charge in [0, 0.05) is 19.6 Å². The number of nitriles is 1. The summed E-state index contributed by atoms with van der Waals surface area (Å²) in [6.07, 6.45) is 11.0. The molecule has 0 amide bonds. The number of benzene rings is 1. The molecular weight excluding hydrogens is 336 g/mol. The van der Waals surface area contributed by atoms with Crippen molar-refractivity contribution in [3.05, 3.63) is 34.7 Å². The molecule has 0 unspecified atom stereocenters. The van der Waals surface area contributed by atoms with E-state index in [4.69, 9.17) is 0 Å². The maximum atomic E-state index is 12.6. The van der Waals surface area contributed by atoms with E-state index in [2.05, 4.69) is 16.0 Å². The Hall–Kier alpha value is -2.06. The van der Waals surface area contributed by atoms with E-state index in [1.54, 1.807) is 4.57 Å². The summed E-state index contributed by atoms with van der Waals surface area (Å²) in [4.78, 5) is 18.1. The van der Waals surface area contributed by atoms with Crippen LogP contribution < -0.4 is 5.69 Å². The van der Waals surface area contributed by atoms with Gasteiger partial charge in [0.25, 0.3) is 0 Å². The number of hydrogen-bond donors (Lipinski definition) is 1. The molecule has 1 aromatic carbocycles. The Bertz CT molecular complexity index is 858. The molecule has 1 saturated heterocycles. The van der Waals surface area contributed by atoms with Gasteiger partial charge in [0.2, 0.25) is 0 Å². The molecule has 144 valence electrons. The average Bonchev–Trinajstić information content (AvgIpc) is 3.01. The van der Waals surface area contributed by atoms with Crippen molar-refractivity contribution in [1.82, 2.24) is 14.5 Å². The predicted molar refractivity (Wildman–Crippen MR) is 108 cm³/mol. The molecule has 2 heterocycles.